The van der Waals surface area contributed by atoms with E-state index in [-0.39, 0.29) is 11.8 Å². The van der Waals surface area contributed by atoms with E-state index in [1.165, 1.54) is 29.6 Å². The smallest absolute Gasteiger partial charge is 0.253 e. The van der Waals surface area contributed by atoms with Crippen LogP contribution in [0.3, 0.4) is 0 Å². The van der Waals surface area contributed by atoms with Gasteiger partial charge in [-0.15, -0.1) is 0 Å². The van der Waals surface area contributed by atoms with E-state index in [2.05, 4.69) is 17.9 Å². The molecule has 0 bridgehead atoms. The predicted molar refractivity (Wildman–Crippen MR) is 62.2 cm³/mol. The van der Waals surface area contributed by atoms with E-state index < -0.39 is 0 Å². The Kier molecular flexibility index (Phi) is 7.49. The van der Waals surface area contributed by atoms with Crippen LogP contribution >= 0.6 is 0 Å². The Balaban J connectivity index is 0.000000385. The highest BCUT2D eigenvalue weighted by molar-refractivity contribution is 6.12. The molecule has 88 valence electrons. The Morgan fingerprint density at radius 1 is 1.25 bits per heavy atom. The molecular formula is C12H17NO3. The number of rotatable bonds is 5. The molecule has 0 aromatic rings. The third-order valence-corrected chi connectivity index (χ3v) is 1.83. The maximum atomic E-state index is 10.9. The topological polar surface area (TPSA) is 46.6 Å². The Morgan fingerprint density at radius 2 is 1.75 bits per heavy atom. The number of hydrogen-bond donors (Lipinski definition) is 0. The van der Waals surface area contributed by atoms with Gasteiger partial charge in [0.1, 0.15) is 0 Å². The van der Waals surface area contributed by atoms with Crippen molar-refractivity contribution in [1.82, 2.24) is 4.90 Å². The number of carbonyl (C=O) groups excluding carboxylic acids is 2. The van der Waals surface area contributed by atoms with Crippen LogP contribution in [0.2, 0.25) is 0 Å². The number of hydrogen-bond acceptors (Lipinski definition) is 3. The van der Waals surface area contributed by atoms with Gasteiger partial charge in [0, 0.05) is 18.7 Å². The van der Waals surface area contributed by atoms with Gasteiger partial charge in [-0.2, -0.15) is 0 Å². The zero-order chi connectivity index (χ0) is 12.4. The molecule has 1 aliphatic rings. The van der Waals surface area contributed by atoms with Crippen LogP contribution in [-0.4, -0.2) is 23.3 Å². The molecule has 1 aliphatic heterocycles. The van der Waals surface area contributed by atoms with Crippen LogP contribution < -0.4 is 0 Å². The van der Waals surface area contributed by atoms with Gasteiger partial charge in [-0.3, -0.25) is 14.5 Å². The maximum absolute atomic E-state index is 10.9. The Hall–Kier alpha value is -1.84. The number of unbranched alkanes of at least 4 members (excludes halogenated alkanes) is 1. The first-order valence-corrected chi connectivity index (χ1v) is 5.08. The normalized spacial score (nSPS) is 13.2. The van der Waals surface area contributed by atoms with Crippen molar-refractivity contribution < 1.29 is 14.3 Å². The van der Waals surface area contributed by atoms with Crippen molar-refractivity contribution in [2.75, 3.05) is 6.54 Å². The molecule has 0 saturated carbocycles. The number of carbonyl (C=O) groups is 2. The van der Waals surface area contributed by atoms with Crippen molar-refractivity contribution in [2.24, 2.45) is 0 Å². The monoisotopic (exact) mass is 223 g/mol. The highest BCUT2D eigenvalue weighted by Crippen LogP contribution is 2.04. The van der Waals surface area contributed by atoms with Gasteiger partial charge in [0.05, 0.1) is 12.5 Å². The summed E-state index contributed by atoms with van der Waals surface area (Å²) < 4.78 is 4.36. The lowest BCUT2D eigenvalue weighted by Crippen LogP contribution is -2.30. The Bertz CT molecular complexity index is 271. The SMILES string of the molecule is C=COC=C.CCCCN1C(=O)C=CC1=O. The minimum atomic E-state index is -0.177. The molecule has 16 heavy (non-hydrogen) atoms. The molecule has 0 atom stereocenters. The lowest BCUT2D eigenvalue weighted by molar-refractivity contribution is -0.136. The molecule has 1 rings (SSSR count). The lowest BCUT2D eigenvalue weighted by atomic mass is 10.3. The molecule has 1 heterocycles. The summed E-state index contributed by atoms with van der Waals surface area (Å²) in [5.74, 6) is -0.355. The summed E-state index contributed by atoms with van der Waals surface area (Å²) in [7, 11) is 0. The van der Waals surface area contributed by atoms with Crippen LogP contribution in [0.4, 0.5) is 0 Å². The van der Waals surface area contributed by atoms with Crippen LogP contribution in [0.5, 0.6) is 0 Å². The minimum absolute atomic E-state index is 0.177. The number of amides is 2. The molecule has 4 heteroatoms. The molecule has 0 fully saturated rings. The summed E-state index contributed by atoms with van der Waals surface area (Å²) in [5, 5.41) is 0. The molecular weight excluding hydrogens is 206 g/mol. The van der Waals surface area contributed by atoms with Crippen molar-refractivity contribution in [3.8, 4) is 0 Å². The molecule has 0 radical (unpaired) electrons. The largest absolute Gasteiger partial charge is 0.474 e. The Morgan fingerprint density at radius 3 is 2.06 bits per heavy atom. The fourth-order valence-corrected chi connectivity index (χ4v) is 1.04. The second-order valence-corrected chi connectivity index (χ2v) is 2.98. The van der Waals surface area contributed by atoms with E-state index >= 15 is 0 Å². The lowest BCUT2D eigenvalue weighted by Gasteiger charge is -2.11. The van der Waals surface area contributed by atoms with Gasteiger partial charge >= 0.3 is 0 Å². The third kappa shape index (κ3) is 5.14. The van der Waals surface area contributed by atoms with Gasteiger partial charge in [-0.05, 0) is 6.42 Å². The zero-order valence-electron chi connectivity index (χ0n) is 9.52. The van der Waals surface area contributed by atoms with Crippen molar-refractivity contribution in [2.45, 2.75) is 19.8 Å². The summed E-state index contributed by atoms with van der Waals surface area (Å²) in [5.41, 5.74) is 0. The highest BCUT2D eigenvalue weighted by atomic mass is 16.5. The minimum Gasteiger partial charge on any atom is -0.474 e. The number of ether oxygens (including phenoxy) is 1. The van der Waals surface area contributed by atoms with Crippen molar-refractivity contribution in [3.63, 3.8) is 0 Å². The van der Waals surface area contributed by atoms with Crippen molar-refractivity contribution in [1.29, 1.82) is 0 Å². The number of nitrogens with zero attached hydrogens (tertiary/aromatic N) is 1. The van der Waals surface area contributed by atoms with Gasteiger partial charge in [-0.25, -0.2) is 0 Å². The molecule has 0 unspecified atom stereocenters. The van der Waals surface area contributed by atoms with Crippen LogP contribution in [-0.2, 0) is 14.3 Å². The van der Waals surface area contributed by atoms with E-state index in [1.54, 1.807) is 0 Å². The summed E-state index contributed by atoms with van der Waals surface area (Å²) >= 11 is 0. The van der Waals surface area contributed by atoms with Crippen LogP contribution in [0.15, 0.2) is 37.8 Å². The molecule has 0 aromatic carbocycles. The average Bonchev–Trinajstić information content (AvgIpc) is 2.58. The van der Waals surface area contributed by atoms with Gasteiger partial charge < -0.3 is 4.74 Å². The quantitative estimate of drug-likeness (QED) is 0.529. The van der Waals surface area contributed by atoms with Gasteiger partial charge in [0.25, 0.3) is 11.8 Å². The molecule has 0 spiro atoms. The van der Waals surface area contributed by atoms with Crippen LogP contribution in [0.25, 0.3) is 0 Å². The summed E-state index contributed by atoms with van der Waals surface area (Å²) in [4.78, 5) is 23.1. The van der Waals surface area contributed by atoms with Crippen molar-refractivity contribution >= 4 is 11.8 Å². The van der Waals surface area contributed by atoms with E-state index in [0.29, 0.717) is 6.54 Å². The molecule has 0 N–H and O–H groups in total. The Labute approximate surface area is 95.9 Å². The van der Waals surface area contributed by atoms with E-state index in [4.69, 9.17) is 0 Å². The molecule has 0 aromatic heterocycles. The maximum Gasteiger partial charge on any atom is 0.253 e. The fourth-order valence-electron chi connectivity index (χ4n) is 1.04. The number of imide groups is 1. The first kappa shape index (κ1) is 14.2. The third-order valence-electron chi connectivity index (χ3n) is 1.83. The predicted octanol–water partition coefficient (Wildman–Crippen LogP) is 2.00. The van der Waals surface area contributed by atoms with E-state index in [0.717, 1.165) is 12.8 Å². The van der Waals surface area contributed by atoms with Gasteiger partial charge in [0.15, 0.2) is 0 Å². The molecule has 0 saturated heterocycles. The van der Waals surface area contributed by atoms with Crippen LogP contribution in [0, 0.1) is 0 Å². The van der Waals surface area contributed by atoms with Gasteiger partial charge in [-0.1, -0.05) is 26.5 Å². The molecule has 4 nitrogen and oxygen atoms in total. The van der Waals surface area contributed by atoms with Crippen LogP contribution in [0.1, 0.15) is 19.8 Å². The van der Waals surface area contributed by atoms with Crippen molar-refractivity contribution in [3.05, 3.63) is 37.8 Å². The average molecular weight is 223 g/mol. The van der Waals surface area contributed by atoms with E-state index in [1.807, 2.05) is 6.92 Å². The fraction of sp³-hybridized carbons (Fsp3) is 0.333. The highest BCUT2D eigenvalue weighted by Gasteiger charge is 2.21. The van der Waals surface area contributed by atoms with Gasteiger partial charge in [0.2, 0.25) is 0 Å². The standard InChI is InChI=1S/C8H11NO2.C4H6O/c1-2-3-6-9-7(10)4-5-8(9)11;1-3-5-4-2/h4-5H,2-3,6H2,1H3;3-4H,1-2H2. The summed E-state index contributed by atoms with van der Waals surface area (Å²) in [6.45, 7) is 9.10. The summed E-state index contributed by atoms with van der Waals surface area (Å²) in [6.07, 6.45) is 7.15. The first-order valence-electron chi connectivity index (χ1n) is 5.08. The van der Waals surface area contributed by atoms with E-state index in [9.17, 15) is 9.59 Å². The first-order chi connectivity index (χ1) is 7.67. The molecule has 2 amide bonds. The molecule has 0 aliphatic carbocycles. The second-order valence-electron chi connectivity index (χ2n) is 2.98. The zero-order valence-corrected chi connectivity index (χ0v) is 9.52. The summed E-state index contributed by atoms with van der Waals surface area (Å²) in [6, 6.07) is 0. The second kappa shape index (κ2) is 8.47.